The lowest BCUT2D eigenvalue weighted by Gasteiger charge is -2.22. The molecule has 1 aliphatic heterocycles. The van der Waals surface area contributed by atoms with Gasteiger partial charge in [0.1, 0.15) is 5.75 Å². The Morgan fingerprint density at radius 2 is 2.25 bits per heavy atom. The normalized spacial score (nSPS) is 17.1. The van der Waals surface area contributed by atoms with Gasteiger partial charge in [-0.2, -0.15) is 0 Å². The Kier molecular flexibility index (Phi) is 3.85. The molecule has 0 unspecified atom stereocenters. The molecule has 0 atom stereocenters. The van der Waals surface area contributed by atoms with E-state index in [9.17, 15) is 4.79 Å². The average molecular weight is 296 g/mol. The minimum atomic E-state index is -0.747. The minimum absolute atomic E-state index is 0.181. The molecular weight excluding hydrogens is 278 g/mol. The first-order chi connectivity index (χ1) is 9.63. The number of carbonyl (C=O) groups is 1. The van der Waals surface area contributed by atoms with Crippen molar-refractivity contribution in [2.24, 2.45) is 0 Å². The summed E-state index contributed by atoms with van der Waals surface area (Å²) >= 11 is 6.17. The fourth-order valence-corrected chi connectivity index (χ4v) is 3.02. The van der Waals surface area contributed by atoms with E-state index >= 15 is 0 Å². The minimum Gasteiger partial charge on any atom is -0.493 e. The predicted octanol–water partition coefficient (Wildman–Crippen LogP) is 2.71. The molecule has 1 aliphatic carbocycles. The summed E-state index contributed by atoms with van der Waals surface area (Å²) in [5.74, 6) is 0.207. The quantitative estimate of drug-likeness (QED) is 0.877. The van der Waals surface area contributed by atoms with Crippen LogP contribution in [0, 0.1) is 0 Å². The maximum absolute atomic E-state index is 10.8. The molecule has 1 saturated carbocycles. The van der Waals surface area contributed by atoms with Crippen molar-refractivity contribution in [1.82, 2.24) is 4.90 Å². The Hall–Kier alpha value is -1.26. The Bertz CT molecular complexity index is 528. The second-order valence-electron chi connectivity index (χ2n) is 5.50. The van der Waals surface area contributed by atoms with E-state index in [-0.39, 0.29) is 6.42 Å². The molecule has 108 valence electrons. The van der Waals surface area contributed by atoms with Gasteiger partial charge < -0.3 is 9.84 Å². The Labute approximate surface area is 123 Å². The fraction of sp³-hybridized carbons (Fsp3) is 0.533. The zero-order chi connectivity index (χ0) is 14.1. The number of fused-ring (bicyclic) bond motifs is 1. The largest absolute Gasteiger partial charge is 0.493 e. The van der Waals surface area contributed by atoms with Crippen LogP contribution < -0.4 is 4.74 Å². The van der Waals surface area contributed by atoms with Crippen molar-refractivity contribution in [2.45, 2.75) is 38.3 Å². The highest BCUT2D eigenvalue weighted by Crippen LogP contribution is 2.36. The van der Waals surface area contributed by atoms with Gasteiger partial charge in [0.15, 0.2) is 0 Å². The summed E-state index contributed by atoms with van der Waals surface area (Å²) in [6.07, 6.45) is 3.40. The number of benzene rings is 1. The molecule has 4 nitrogen and oxygen atoms in total. The van der Waals surface area contributed by atoms with E-state index in [1.54, 1.807) is 0 Å². The molecule has 0 aromatic heterocycles. The lowest BCUT2D eigenvalue weighted by Crippen LogP contribution is -2.28. The van der Waals surface area contributed by atoms with Gasteiger partial charge in [-0.3, -0.25) is 9.69 Å². The summed E-state index contributed by atoms with van der Waals surface area (Å²) in [6, 6.07) is 4.43. The summed E-state index contributed by atoms with van der Waals surface area (Å²) in [4.78, 5) is 13.0. The summed E-state index contributed by atoms with van der Waals surface area (Å²) < 4.78 is 5.71. The summed E-state index contributed by atoms with van der Waals surface area (Å²) in [5.41, 5.74) is 2.25. The van der Waals surface area contributed by atoms with Crippen molar-refractivity contribution < 1.29 is 14.6 Å². The molecule has 0 bridgehead atoms. The van der Waals surface area contributed by atoms with Gasteiger partial charge in [0.25, 0.3) is 0 Å². The standard InChI is InChI=1S/C15H18ClNO3/c16-12-7-10-4-6-20-15(10)11(8-12)9-17(13-1-2-13)5-3-14(18)19/h7-8,13H,1-6,9H2,(H,18,19). The summed E-state index contributed by atoms with van der Waals surface area (Å²) in [6.45, 7) is 2.02. The molecule has 1 N–H and O–H groups in total. The second-order valence-corrected chi connectivity index (χ2v) is 5.93. The number of aliphatic carboxylic acids is 1. The summed E-state index contributed by atoms with van der Waals surface area (Å²) in [5, 5.41) is 9.59. The molecule has 2 aliphatic rings. The van der Waals surface area contributed by atoms with E-state index in [4.69, 9.17) is 21.4 Å². The van der Waals surface area contributed by atoms with Crippen LogP contribution >= 0.6 is 11.6 Å². The molecule has 0 saturated heterocycles. The number of rotatable bonds is 6. The topological polar surface area (TPSA) is 49.8 Å². The van der Waals surface area contributed by atoms with Crippen molar-refractivity contribution in [3.8, 4) is 5.75 Å². The predicted molar refractivity (Wildman–Crippen MR) is 76.3 cm³/mol. The Balaban J connectivity index is 1.76. The molecule has 0 spiro atoms. The van der Waals surface area contributed by atoms with Crippen molar-refractivity contribution in [1.29, 1.82) is 0 Å². The van der Waals surface area contributed by atoms with Gasteiger partial charge in [-0.25, -0.2) is 0 Å². The average Bonchev–Trinajstić information content (AvgIpc) is 3.12. The van der Waals surface area contributed by atoms with Gasteiger partial charge in [-0.05, 0) is 30.5 Å². The van der Waals surface area contributed by atoms with Crippen LogP contribution in [0.3, 0.4) is 0 Å². The van der Waals surface area contributed by atoms with E-state index in [1.165, 1.54) is 5.56 Å². The zero-order valence-electron chi connectivity index (χ0n) is 11.3. The Morgan fingerprint density at radius 1 is 1.45 bits per heavy atom. The maximum Gasteiger partial charge on any atom is 0.304 e. The van der Waals surface area contributed by atoms with Crippen LogP contribution in [0.4, 0.5) is 0 Å². The highest BCUT2D eigenvalue weighted by molar-refractivity contribution is 6.30. The van der Waals surface area contributed by atoms with Gasteiger partial charge in [0.05, 0.1) is 13.0 Å². The van der Waals surface area contributed by atoms with E-state index in [0.717, 1.165) is 42.1 Å². The number of hydrogen-bond acceptors (Lipinski definition) is 3. The lowest BCUT2D eigenvalue weighted by molar-refractivity contribution is -0.137. The molecule has 0 radical (unpaired) electrons. The molecule has 20 heavy (non-hydrogen) atoms. The van der Waals surface area contributed by atoms with Crippen molar-refractivity contribution >= 4 is 17.6 Å². The van der Waals surface area contributed by atoms with Gasteiger partial charge in [-0.15, -0.1) is 0 Å². The highest BCUT2D eigenvalue weighted by atomic mass is 35.5. The first kappa shape index (κ1) is 13.7. The number of ether oxygens (including phenoxy) is 1. The molecule has 0 amide bonds. The number of halogens is 1. The van der Waals surface area contributed by atoms with E-state index in [1.807, 2.05) is 12.1 Å². The van der Waals surface area contributed by atoms with Crippen LogP contribution in [-0.4, -0.2) is 35.2 Å². The van der Waals surface area contributed by atoms with Crippen LogP contribution in [-0.2, 0) is 17.8 Å². The third kappa shape index (κ3) is 3.07. The first-order valence-electron chi connectivity index (χ1n) is 7.03. The van der Waals surface area contributed by atoms with Crippen molar-refractivity contribution in [3.05, 3.63) is 28.3 Å². The van der Waals surface area contributed by atoms with E-state index in [2.05, 4.69) is 4.90 Å². The van der Waals surface area contributed by atoms with Crippen LogP contribution in [0.2, 0.25) is 5.02 Å². The van der Waals surface area contributed by atoms with Crippen LogP contribution in [0.1, 0.15) is 30.4 Å². The molecular formula is C15H18ClNO3. The van der Waals surface area contributed by atoms with E-state index in [0.29, 0.717) is 19.2 Å². The second kappa shape index (κ2) is 5.62. The number of hydrogen-bond donors (Lipinski definition) is 1. The van der Waals surface area contributed by atoms with Crippen LogP contribution in [0.25, 0.3) is 0 Å². The third-order valence-corrected chi connectivity index (χ3v) is 4.09. The number of carboxylic acid groups (broad SMARTS) is 1. The van der Waals surface area contributed by atoms with Crippen molar-refractivity contribution in [3.63, 3.8) is 0 Å². The summed E-state index contributed by atoms with van der Waals surface area (Å²) in [7, 11) is 0. The highest BCUT2D eigenvalue weighted by Gasteiger charge is 2.30. The molecule has 3 rings (SSSR count). The fourth-order valence-electron chi connectivity index (χ4n) is 2.75. The SMILES string of the molecule is O=C(O)CCN(Cc1cc(Cl)cc2c1OCC2)C1CC1. The van der Waals surface area contributed by atoms with Gasteiger partial charge in [-0.1, -0.05) is 11.6 Å². The molecule has 1 heterocycles. The van der Waals surface area contributed by atoms with Crippen molar-refractivity contribution in [2.75, 3.05) is 13.2 Å². The maximum atomic E-state index is 10.8. The van der Waals surface area contributed by atoms with Gasteiger partial charge in [0.2, 0.25) is 0 Å². The number of carboxylic acids is 1. The van der Waals surface area contributed by atoms with Gasteiger partial charge >= 0.3 is 5.97 Å². The van der Waals surface area contributed by atoms with E-state index < -0.39 is 5.97 Å². The molecule has 1 aromatic rings. The monoisotopic (exact) mass is 295 g/mol. The first-order valence-corrected chi connectivity index (χ1v) is 7.41. The smallest absolute Gasteiger partial charge is 0.304 e. The number of nitrogens with zero attached hydrogens (tertiary/aromatic N) is 1. The molecule has 5 heteroatoms. The molecule has 1 aromatic carbocycles. The van der Waals surface area contributed by atoms with Crippen LogP contribution in [0.5, 0.6) is 5.75 Å². The van der Waals surface area contributed by atoms with Crippen LogP contribution in [0.15, 0.2) is 12.1 Å². The molecule has 1 fully saturated rings. The Morgan fingerprint density at radius 3 is 2.95 bits per heavy atom. The lowest BCUT2D eigenvalue weighted by atomic mass is 10.1. The third-order valence-electron chi connectivity index (χ3n) is 3.87. The van der Waals surface area contributed by atoms with Gasteiger partial charge in [0, 0.05) is 36.1 Å². The zero-order valence-corrected chi connectivity index (χ0v) is 12.0.